The summed E-state index contributed by atoms with van der Waals surface area (Å²) in [5.74, 6) is 0. The van der Waals surface area contributed by atoms with Crippen molar-refractivity contribution in [3.8, 4) is 0 Å². The fraction of sp³-hybridized carbons (Fsp3) is 0.733. The lowest BCUT2D eigenvalue weighted by molar-refractivity contribution is 0.0252. The zero-order valence-corrected chi connectivity index (χ0v) is 14.6. The minimum absolute atomic E-state index is 0.0390. The Bertz CT molecular complexity index is 487. The molecule has 0 radical (unpaired) electrons. The number of carbonyl (C=O) groups excluding carboxylic acids is 1. The van der Waals surface area contributed by atoms with Crippen molar-refractivity contribution in [1.82, 2.24) is 15.2 Å². The summed E-state index contributed by atoms with van der Waals surface area (Å²) < 4.78 is 11.0. The van der Waals surface area contributed by atoms with Gasteiger partial charge in [-0.25, -0.2) is 4.79 Å². The van der Waals surface area contributed by atoms with E-state index in [-0.39, 0.29) is 24.3 Å². The van der Waals surface area contributed by atoms with Crippen LogP contribution in [0.2, 0.25) is 0 Å². The predicted molar refractivity (Wildman–Crippen MR) is 86.1 cm³/mol. The minimum Gasteiger partial charge on any atom is -0.444 e. The van der Waals surface area contributed by atoms with Crippen molar-refractivity contribution >= 4 is 17.4 Å². The highest BCUT2D eigenvalue weighted by molar-refractivity contribution is 7.09. The molecule has 2 rings (SSSR count). The van der Waals surface area contributed by atoms with Gasteiger partial charge >= 0.3 is 6.09 Å². The van der Waals surface area contributed by atoms with Gasteiger partial charge in [0.1, 0.15) is 5.60 Å². The van der Waals surface area contributed by atoms with Crippen LogP contribution in [-0.4, -0.2) is 53.9 Å². The lowest BCUT2D eigenvalue weighted by Crippen LogP contribution is -2.41. The van der Waals surface area contributed by atoms with Crippen LogP contribution < -0.4 is 5.32 Å². The summed E-state index contributed by atoms with van der Waals surface area (Å²) in [6.45, 7) is 8.83. The van der Waals surface area contributed by atoms with E-state index >= 15 is 0 Å². The number of aromatic nitrogens is 1. The highest BCUT2D eigenvalue weighted by Crippen LogP contribution is 2.22. The van der Waals surface area contributed by atoms with Crippen molar-refractivity contribution in [2.75, 3.05) is 20.2 Å². The highest BCUT2D eigenvalue weighted by atomic mass is 32.1. The maximum atomic E-state index is 12.2. The predicted octanol–water partition coefficient (Wildman–Crippen LogP) is 2.43. The second-order valence-electron chi connectivity index (χ2n) is 6.56. The Morgan fingerprint density at radius 2 is 2.23 bits per heavy atom. The van der Waals surface area contributed by atoms with Crippen LogP contribution in [-0.2, 0) is 9.47 Å². The lowest BCUT2D eigenvalue weighted by Gasteiger charge is -2.24. The number of nitrogens with one attached hydrogen (secondary N) is 1. The molecule has 2 unspecified atom stereocenters. The van der Waals surface area contributed by atoms with Crippen LogP contribution >= 0.6 is 11.3 Å². The van der Waals surface area contributed by atoms with Gasteiger partial charge in [-0.3, -0.25) is 4.98 Å². The Morgan fingerprint density at radius 3 is 2.77 bits per heavy atom. The van der Waals surface area contributed by atoms with E-state index in [9.17, 15) is 4.79 Å². The molecule has 1 amide bonds. The summed E-state index contributed by atoms with van der Waals surface area (Å²) in [4.78, 5) is 19.2. The fourth-order valence-electron chi connectivity index (χ4n) is 2.49. The van der Waals surface area contributed by atoms with Crippen LogP contribution in [0, 0.1) is 0 Å². The van der Waals surface area contributed by atoms with Crippen molar-refractivity contribution in [2.24, 2.45) is 0 Å². The van der Waals surface area contributed by atoms with Gasteiger partial charge in [-0.05, 0) is 27.7 Å². The van der Waals surface area contributed by atoms with Crippen LogP contribution in [0.4, 0.5) is 4.79 Å². The molecule has 1 fully saturated rings. The molecule has 6 nitrogen and oxygen atoms in total. The average molecular weight is 327 g/mol. The van der Waals surface area contributed by atoms with E-state index in [0.717, 1.165) is 0 Å². The number of methoxy groups -OCH3 is 1. The van der Waals surface area contributed by atoms with Gasteiger partial charge in [0.2, 0.25) is 0 Å². The Morgan fingerprint density at radius 1 is 1.50 bits per heavy atom. The molecular weight excluding hydrogens is 302 g/mol. The van der Waals surface area contributed by atoms with Crippen molar-refractivity contribution in [3.05, 3.63) is 16.6 Å². The first kappa shape index (κ1) is 17.2. The summed E-state index contributed by atoms with van der Waals surface area (Å²) >= 11 is 1.62. The summed E-state index contributed by atoms with van der Waals surface area (Å²) in [6.07, 6.45) is 1.54. The maximum Gasteiger partial charge on any atom is 0.410 e. The zero-order valence-electron chi connectivity index (χ0n) is 13.8. The van der Waals surface area contributed by atoms with E-state index in [1.54, 1.807) is 23.3 Å². The van der Waals surface area contributed by atoms with Gasteiger partial charge in [0.05, 0.1) is 24.2 Å². The molecule has 124 valence electrons. The molecule has 1 saturated heterocycles. The quantitative estimate of drug-likeness (QED) is 0.920. The number of carbonyl (C=O) groups is 1. The van der Waals surface area contributed by atoms with Gasteiger partial charge in [0.15, 0.2) is 0 Å². The van der Waals surface area contributed by atoms with E-state index in [1.807, 2.05) is 32.5 Å². The number of thiazole rings is 1. The fourth-order valence-corrected chi connectivity index (χ4v) is 3.13. The standard InChI is InChI=1S/C15H25N3O3S/c1-10(13-6-16-9-22-13)17-11-7-18(8-12(11)20-5)14(19)21-15(2,3)4/h6,9-12,17H,7-8H2,1-5H3/t10?,11?,12-/m0/s1. The Balaban J connectivity index is 1.96. The molecule has 0 spiro atoms. The normalized spacial score (nSPS) is 23.6. The average Bonchev–Trinajstić information content (AvgIpc) is 3.05. The number of amides is 1. The molecule has 0 aliphatic carbocycles. The van der Waals surface area contributed by atoms with Crippen LogP contribution in [0.15, 0.2) is 11.7 Å². The van der Waals surface area contributed by atoms with Gasteiger partial charge < -0.3 is 19.7 Å². The summed E-state index contributed by atoms with van der Waals surface area (Å²) in [5.41, 5.74) is 1.34. The molecule has 0 aromatic carbocycles. The van der Waals surface area contributed by atoms with Gasteiger partial charge in [-0.1, -0.05) is 0 Å². The molecule has 1 aliphatic rings. The summed E-state index contributed by atoms with van der Waals surface area (Å²) in [6, 6.07) is 0.253. The molecule has 1 aliphatic heterocycles. The first-order valence-corrected chi connectivity index (χ1v) is 8.33. The zero-order chi connectivity index (χ0) is 16.3. The number of hydrogen-bond donors (Lipinski definition) is 1. The van der Waals surface area contributed by atoms with Gasteiger partial charge in [-0.2, -0.15) is 0 Å². The van der Waals surface area contributed by atoms with Gasteiger partial charge in [0, 0.05) is 30.8 Å². The third-order valence-corrected chi connectivity index (χ3v) is 4.52. The van der Waals surface area contributed by atoms with Crippen LogP contribution in [0.5, 0.6) is 0 Å². The van der Waals surface area contributed by atoms with Crippen molar-refractivity contribution in [2.45, 2.75) is 51.5 Å². The van der Waals surface area contributed by atoms with Crippen LogP contribution in [0.1, 0.15) is 38.6 Å². The number of rotatable bonds is 4. The molecule has 0 bridgehead atoms. The topological polar surface area (TPSA) is 63.7 Å². The number of ether oxygens (including phenoxy) is 2. The third kappa shape index (κ3) is 4.41. The van der Waals surface area contributed by atoms with Crippen molar-refractivity contribution in [1.29, 1.82) is 0 Å². The smallest absolute Gasteiger partial charge is 0.410 e. The second-order valence-corrected chi connectivity index (χ2v) is 7.48. The molecule has 2 heterocycles. The van der Waals surface area contributed by atoms with E-state index in [2.05, 4.69) is 17.2 Å². The molecule has 1 aromatic heterocycles. The number of nitrogens with zero attached hydrogens (tertiary/aromatic N) is 2. The molecule has 7 heteroatoms. The van der Waals surface area contributed by atoms with E-state index < -0.39 is 5.60 Å². The van der Waals surface area contributed by atoms with Crippen molar-refractivity contribution < 1.29 is 14.3 Å². The lowest BCUT2D eigenvalue weighted by atomic mass is 10.2. The highest BCUT2D eigenvalue weighted by Gasteiger charge is 2.38. The largest absolute Gasteiger partial charge is 0.444 e. The number of likely N-dealkylation sites (tertiary alicyclic amines) is 1. The molecular formula is C15H25N3O3S. The molecule has 22 heavy (non-hydrogen) atoms. The van der Waals surface area contributed by atoms with Crippen molar-refractivity contribution in [3.63, 3.8) is 0 Å². The molecule has 1 aromatic rings. The first-order chi connectivity index (χ1) is 10.3. The number of hydrogen-bond acceptors (Lipinski definition) is 6. The van der Waals surface area contributed by atoms with Crippen LogP contribution in [0.25, 0.3) is 0 Å². The van der Waals surface area contributed by atoms with E-state index in [1.165, 1.54) is 4.88 Å². The maximum absolute atomic E-state index is 12.2. The van der Waals surface area contributed by atoms with E-state index in [4.69, 9.17) is 9.47 Å². The summed E-state index contributed by atoms with van der Waals surface area (Å²) in [7, 11) is 1.68. The summed E-state index contributed by atoms with van der Waals surface area (Å²) in [5, 5.41) is 3.53. The van der Waals surface area contributed by atoms with Gasteiger partial charge in [0.25, 0.3) is 0 Å². The molecule has 0 saturated carbocycles. The Hall–Kier alpha value is -1.18. The van der Waals surface area contributed by atoms with E-state index in [0.29, 0.717) is 13.1 Å². The third-order valence-electron chi connectivity index (χ3n) is 3.56. The molecule has 1 N–H and O–H groups in total. The first-order valence-electron chi connectivity index (χ1n) is 7.45. The second kappa shape index (κ2) is 6.93. The Kier molecular flexibility index (Phi) is 5.41. The van der Waals surface area contributed by atoms with Crippen LogP contribution in [0.3, 0.4) is 0 Å². The Labute approximate surface area is 135 Å². The SMILES string of the molecule is CO[C@H]1CN(C(=O)OC(C)(C)C)CC1NC(C)c1cncs1. The molecule has 3 atom stereocenters. The monoisotopic (exact) mass is 327 g/mol. The minimum atomic E-state index is -0.485. The van der Waals surface area contributed by atoms with Gasteiger partial charge in [-0.15, -0.1) is 11.3 Å².